The Balaban J connectivity index is 0.00000361. The van der Waals surface area contributed by atoms with E-state index in [2.05, 4.69) is 5.32 Å². The lowest BCUT2D eigenvalue weighted by molar-refractivity contribution is -0.124. The maximum Gasteiger partial charge on any atom is 0.224 e. The number of rotatable bonds is 8. The highest BCUT2D eigenvalue weighted by atomic mass is 35.5. The summed E-state index contributed by atoms with van der Waals surface area (Å²) in [4.78, 5) is 11.6. The lowest BCUT2D eigenvalue weighted by atomic mass is 10.0. The van der Waals surface area contributed by atoms with Crippen LogP contribution in [0.5, 0.6) is 0 Å². The van der Waals surface area contributed by atoms with E-state index in [1.807, 2.05) is 13.8 Å². The molecule has 0 radical (unpaired) electrons. The highest BCUT2D eigenvalue weighted by Gasteiger charge is 2.16. The van der Waals surface area contributed by atoms with Crippen LogP contribution >= 0.6 is 12.4 Å². The van der Waals surface area contributed by atoms with Crippen molar-refractivity contribution < 1.29 is 14.3 Å². The summed E-state index contributed by atoms with van der Waals surface area (Å²) in [6, 6.07) is -0.107. The van der Waals surface area contributed by atoms with Gasteiger partial charge in [-0.25, -0.2) is 0 Å². The van der Waals surface area contributed by atoms with Crippen LogP contribution in [0.2, 0.25) is 0 Å². The fourth-order valence-electron chi connectivity index (χ4n) is 1.95. The predicted octanol–water partition coefficient (Wildman–Crippen LogP) is 1.34. The molecule has 1 fully saturated rings. The number of ether oxygens (including phenoxy) is 2. The zero-order valence-corrected chi connectivity index (χ0v) is 13.4. The molecule has 0 aromatic rings. The van der Waals surface area contributed by atoms with Crippen LogP contribution in [-0.4, -0.2) is 44.9 Å². The molecule has 2 atom stereocenters. The lowest BCUT2D eigenvalue weighted by Crippen LogP contribution is -2.39. The first-order valence-corrected chi connectivity index (χ1v) is 7.30. The average Bonchev–Trinajstić information content (AvgIpc) is 2.42. The molecule has 1 rings (SSSR count). The highest BCUT2D eigenvalue weighted by molar-refractivity contribution is 5.85. The zero-order valence-electron chi connectivity index (χ0n) is 12.6. The third-order valence-electron chi connectivity index (χ3n) is 3.66. The van der Waals surface area contributed by atoms with Crippen molar-refractivity contribution in [3.05, 3.63) is 0 Å². The molecular formula is C14H29ClN2O3. The Labute approximate surface area is 128 Å². The van der Waals surface area contributed by atoms with Crippen LogP contribution in [0.4, 0.5) is 0 Å². The van der Waals surface area contributed by atoms with Crippen molar-refractivity contribution >= 4 is 18.3 Å². The van der Waals surface area contributed by atoms with Crippen molar-refractivity contribution in [2.45, 2.75) is 39.2 Å². The van der Waals surface area contributed by atoms with Crippen molar-refractivity contribution in [1.29, 1.82) is 0 Å². The zero-order chi connectivity index (χ0) is 14.1. The van der Waals surface area contributed by atoms with Gasteiger partial charge in [0.25, 0.3) is 0 Å². The van der Waals surface area contributed by atoms with Gasteiger partial charge in [-0.2, -0.15) is 0 Å². The second kappa shape index (κ2) is 11.3. The Hall–Kier alpha value is -0.360. The molecule has 0 saturated carbocycles. The molecule has 1 amide bonds. The third-order valence-corrected chi connectivity index (χ3v) is 3.66. The normalized spacial score (nSPS) is 18.9. The van der Waals surface area contributed by atoms with Crippen LogP contribution < -0.4 is 11.1 Å². The van der Waals surface area contributed by atoms with E-state index >= 15 is 0 Å². The summed E-state index contributed by atoms with van der Waals surface area (Å²) in [5.41, 5.74) is 5.68. The molecule has 0 aromatic carbocycles. The highest BCUT2D eigenvalue weighted by Crippen LogP contribution is 2.14. The molecule has 2 unspecified atom stereocenters. The molecule has 120 valence electrons. The standard InChI is InChI=1S/C14H28N2O3.ClH/c1-11(12(2)15)14(17)16-6-3-7-19-10-13-4-8-18-9-5-13;/h11-13H,3-10,15H2,1-2H3,(H,16,17);1H. The van der Waals surface area contributed by atoms with Crippen molar-refractivity contribution in [2.75, 3.05) is 33.0 Å². The monoisotopic (exact) mass is 308 g/mol. The maximum absolute atomic E-state index is 11.6. The summed E-state index contributed by atoms with van der Waals surface area (Å²) in [6.45, 7) is 7.59. The first-order chi connectivity index (χ1) is 9.11. The predicted molar refractivity (Wildman–Crippen MR) is 82.1 cm³/mol. The number of amides is 1. The fourth-order valence-corrected chi connectivity index (χ4v) is 1.95. The minimum Gasteiger partial charge on any atom is -0.381 e. The van der Waals surface area contributed by atoms with E-state index in [0.717, 1.165) is 39.1 Å². The number of nitrogens with two attached hydrogens (primary N) is 1. The largest absolute Gasteiger partial charge is 0.381 e. The Morgan fingerprint density at radius 3 is 2.65 bits per heavy atom. The van der Waals surface area contributed by atoms with Crippen LogP contribution in [0, 0.1) is 11.8 Å². The summed E-state index contributed by atoms with van der Waals surface area (Å²) < 4.78 is 10.9. The summed E-state index contributed by atoms with van der Waals surface area (Å²) in [6.07, 6.45) is 3.05. The molecule has 0 aromatic heterocycles. The van der Waals surface area contributed by atoms with Crippen LogP contribution in [-0.2, 0) is 14.3 Å². The quantitative estimate of drug-likeness (QED) is 0.664. The van der Waals surface area contributed by atoms with Gasteiger partial charge in [0.2, 0.25) is 5.91 Å². The van der Waals surface area contributed by atoms with Crippen molar-refractivity contribution in [2.24, 2.45) is 17.6 Å². The van der Waals surface area contributed by atoms with E-state index < -0.39 is 0 Å². The van der Waals surface area contributed by atoms with E-state index in [-0.39, 0.29) is 30.3 Å². The molecule has 1 aliphatic heterocycles. The van der Waals surface area contributed by atoms with Gasteiger partial charge < -0.3 is 20.5 Å². The van der Waals surface area contributed by atoms with Gasteiger partial charge in [-0.15, -0.1) is 12.4 Å². The fraction of sp³-hybridized carbons (Fsp3) is 0.929. The smallest absolute Gasteiger partial charge is 0.224 e. The Kier molecular flexibility index (Phi) is 11.1. The van der Waals surface area contributed by atoms with Crippen molar-refractivity contribution in [3.63, 3.8) is 0 Å². The summed E-state index contributed by atoms with van der Waals surface area (Å²) >= 11 is 0. The topological polar surface area (TPSA) is 73.6 Å². The van der Waals surface area contributed by atoms with E-state index in [0.29, 0.717) is 19.1 Å². The lowest BCUT2D eigenvalue weighted by Gasteiger charge is -2.21. The minimum absolute atomic E-state index is 0. The Morgan fingerprint density at radius 1 is 1.40 bits per heavy atom. The number of hydrogen-bond donors (Lipinski definition) is 2. The number of nitrogens with one attached hydrogen (secondary N) is 1. The average molecular weight is 309 g/mol. The molecule has 1 saturated heterocycles. The van der Waals surface area contributed by atoms with E-state index in [1.165, 1.54) is 0 Å². The van der Waals surface area contributed by atoms with Crippen LogP contribution in [0.25, 0.3) is 0 Å². The van der Waals surface area contributed by atoms with Crippen LogP contribution in [0.3, 0.4) is 0 Å². The Morgan fingerprint density at radius 2 is 2.05 bits per heavy atom. The SMILES string of the molecule is CC(N)C(C)C(=O)NCCCOCC1CCOCC1.Cl. The molecule has 1 aliphatic rings. The number of hydrogen-bond acceptors (Lipinski definition) is 4. The number of carbonyl (C=O) groups is 1. The maximum atomic E-state index is 11.6. The number of carbonyl (C=O) groups excluding carboxylic acids is 1. The molecule has 6 heteroatoms. The van der Waals surface area contributed by atoms with Crippen molar-refractivity contribution in [1.82, 2.24) is 5.32 Å². The van der Waals surface area contributed by atoms with Crippen molar-refractivity contribution in [3.8, 4) is 0 Å². The van der Waals surface area contributed by atoms with E-state index in [1.54, 1.807) is 0 Å². The summed E-state index contributed by atoms with van der Waals surface area (Å²) in [5, 5.41) is 2.88. The molecule has 5 nitrogen and oxygen atoms in total. The van der Waals surface area contributed by atoms with Gasteiger partial charge in [-0.05, 0) is 32.1 Å². The van der Waals surface area contributed by atoms with Gasteiger partial charge >= 0.3 is 0 Å². The van der Waals surface area contributed by atoms with Crippen LogP contribution in [0.15, 0.2) is 0 Å². The molecule has 0 aliphatic carbocycles. The Bertz CT molecular complexity index is 259. The first-order valence-electron chi connectivity index (χ1n) is 7.30. The molecule has 20 heavy (non-hydrogen) atoms. The molecular weight excluding hydrogens is 280 g/mol. The van der Waals surface area contributed by atoms with Crippen LogP contribution in [0.1, 0.15) is 33.1 Å². The van der Waals surface area contributed by atoms with E-state index in [4.69, 9.17) is 15.2 Å². The first kappa shape index (κ1) is 19.6. The van der Waals surface area contributed by atoms with E-state index in [9.17, 15) is 4.79 Å². The second-order valence-electron chi connectivity index (χ2n) is 5.42. The molecule has 3 N–H and O–H groups in total. The van der Waals surface area contributed by atoms with Gasteiger partial charge in [-0.3, -0.25) is 4.79 Å². The summed E-state index contributed by atoms with van der Waals surface area (Å²) in [7, 11) is 0. The van der Waals surface area contributed by atoms with Gasteiger partial charge in [-0.1, -0.05) is 6.92 Å². The van der Waals surface area contributed by atoms with Gasteiger partial charge in [0.15, 0.2) is 0 Å². The minimum atomic E-state index is -0.136. The third kappa shape index (κ3) is 8.04. The van der Waals surface area contributed by atoms with Gasteiger partial charge in [0.1, 0.15) is 0 Å². The molecule has 0 bridgehead atoms. The number of halogens is 1. The summed E-state index contributed by atoms with van der Waals surface area (Å²) in [5.74, 6) is 0.532. The van der Waals surface area contributed by atoms with Gasteiger partial charge in [0, 0.05) is 44.9 Å². The molecule has 0 spiro atoms. The van der Waals surface area contributed by atoms with Gasteiger partial charge in [0.05, 0.1) is 0 Å². The molecule has 1 heterocycles. The second-order valence-corrected chi connectivity index (χ2v) is 5.42.